The van der Waals surface area contributed by atoms with E-state index in [-0.39, 0.29) is 5.91 Å². The average Bonchev–Trinajstić information content (AvgIpc) is 3.00. The van der Waals surface area contributed by atoms with Gasteiger partial charge in [0.05, 0.1) is 20.0 Å². The number of carbonyl (C=O) groups excluding carboxylic acids is 1. The number of hydrogen-bond acceptors (Lipinski definition) is 4. The van der Waals surface area contributed by atoms with Gasteiger partial charge in [-0.25, -0.2) is 4.98 Å². The maximum absolute atomic E-state index is 12.5. The molecule has 6 heteroatoms. The molecule has 2 aromatic rings. The van der Waals surface area contributed by atoms with Gasteiger partial charge in [0.1, 0.15) is 6.54 Å². The Morgan fingerprint density at radius 1 is 1.45 bits per heavy atom. The van der Waals surface area contributed by atoms with Crippen molar-refractivity contribution in [3.63, 3.8) is 0 Å². The Morgan fingerprint density at radius 3 is 3.14 bits per heavy atom. The van der Waals surface area contributed by atoms with Crippen molar-refractivity contribution in [1.29, 1.82) is 0 Å². The number of imidazole rings is 1. The van der Waals surface area contributed by atoms with Gasteiger partial charge in [-0.3, -0.25) is 4.79 Å². The molecule has 22 heavy (non-hydrogen) atoms. The van der Waals surface area contributed by atoms with Crippen LogP contribution in [0.2, 0.25) is 0 Å². The fraction of sp³-hybridized carbons (Fsp3) is 0.375. The highest BCUT2D eigenvalue weighted by molar-refractivity contribution is 5.76. The first-order chi connectivity index (χ1) is 10.8. The van der Waals surface area contributed by atoms with Crippen LogP contribution in [0.25, 0.3) is 0 Å². The maximum atomic E-state index is 12.5. The number of nitrogens with zero attached hydrogens (tertiary/aromatic N) is 3. The number of ether oxygens (including phenoxy) is 2. The van der Waals surface area contributed by atoms with Gasteiger partial charge >= 0.3 is 0 Å². The Labute approximate surface area is 129 Å². The molecule has 116 valence electrons. The number of fused-ring (bicyclic) bond motifs is 1. The zero-order chi connectivity index (χ0) is 15.4. The lowest BCUT2D eigenvalue weighted by Gasteiger charge is -2.27. The molecule has 1 aromatic heterocycles. The van der Waals surface area contributed by atoms with Crippen molar-refractivity contribution < 1.29 is 14.3 Å². The normalized spacial score (nSPS) is 14.5. The highest BCUT2D eigenvalue weighted by Crippen LogP contribution is 2.33. The van der Waals surface area contributed by atoms with Gasteiger partial charge in [-0.05, 0) is 12.5 Å². The molecule has 6 nitrogen and oxygen atoms in total. The van der Waals surface area contributed by atoms with Crippen LogP contribution < -0.4 is 9.47 Å². The summed E-state index contributed by atoms with van der Waals surface area (Å²) in [5.41, 5.74) is 0.970. The third-order valence-electron chi connectivity index (χ3n) is 3.69. The van der Waals surface area contributed by atoms with Crippen LogP contribution in [0.4, 0.5) is 0 Å². The number of hydrogen-bond donors (Lipinski definition) is 0. The van der Waals surface area contributed by atoms with Gasteiger partial charge < -0.3 is 18.9 Å². The molecule has 0 aliphatic carbocycles. The summed E-state index contributed by atoms with van der Waals surface area (Å²) in [5, 5.41) is 0. The largest absolute Gasteiger partial charge is 0.493 e. The van der Waals surface area contributed by atoms with Gasteiger partial charge in [0.25, 0.3) is 0 Å². The SMILES string of the molecule is COc1cccc2c1OCCCN(C(=O)Cn1ccnc1)C2. The first-order valence-corrected chi connectivity index (χ1v) is 7.30. The van der Waals surface area contributed by atoms with Gasteiger partial charge in [0.2, 0.25) is 5.91 Å². The zero-order valence-corrected chi connectivity index (χ0v) is 12.6. The van der Waals surface area contributed by atoms with E-state index in [2.05, 4.69) is 4.98 Å². The van der Waals surface area contributed by atoms with Crippen LogP contribution in [0, 0.1) is 0 Å². The minimum Gasteiger partial charge on any atom is -0.493 e. The second-order valence-electron chi connectivity index (χ2n) is 5.20. The van der Waals surface area contributed by atoms with E-state index >= 15 is 0 Å². The van der Waals surface area contributed by atoms with Crippen molar-refractivity contribution >= 4 is 5.91 Å². The molecule has 1 amide bonds. The van der Waals surface area contributed by atoms with Crippen molar-refractivity contribution in [3.05, 3.63) is 42.5 Å². The Morgan fingerprint density at radius 2 is 2.36 bits per heavy atom. The molecule has 0 radical (unpaired) electrons. The third-order valence-corrected chi connectivity index (χ3v) is 3.69. The van der Waals surface area contributed by atoms with Gasteiger partial charge in [0.15, 0.2) is 11.5 Å². The van der Waals surface area contributed by atoms with Crippen molar-refractivity contribution in [1.82, 2.24) is 14.5 Å². The maximum Gasteiger partial charge on any atom is 0.242 e. The van der Waals surface area contributed by atoms with Gasteiger partial charge in [-0.15, -0.1) is 0 Å². The van der Waals surface area contributed by atoms with Crippen LogP contribution >= 0.6 is 0 Å². The molecule has 1 aliphatic heterocycles. The highest BCUT2D eigenvalue weighted by Gasteiger charge is 2.20. The first-order valence-electron chi connectivity index (χ1n) is 7.30. The standard InChI is InChI=1S/C16H19N3O3/c1-21-14-5-2-4-13-10-19(7-3-9-22-16(13)14)15(20)11-18-8-6-17-12-18/h2,4-6,8,12H,3,7,9-11H2,1H3. The number of aromatic nitrogens is 2. The second-order valence-corrected chi connectivity index (χ2v) is 5.20. The minimum absolute atomic E-state index is 0.0775. The van der Waals surface area contributed by atoms with E-state index < -0.39 is 0 Å². The predicted molar refractivity (Wildman–Crippen MR) is 80.8 cm³/mol. The number of rotatable bonds is 3. The number of carbonyl (C=O) groups is 1. The van der Waals surface area contributed by atoms with Crippen LogP contribution in [0.15, 0.2) is 36.9 Å². The molecule has 0 atom stereocenters. The minimum atomic E-state index is 0.0775. The molecule has 0 N–H and O–H groups in total. The van der Waals surface area contributed by atoms with Crippen LogP contribution in [-0.2, 0) is 17.9 Å². The van der Waals surface area contributed by atoms with Crippen LogP contribution in [0.1, 0.15) is 12.0 Å². The summed E-state index contributed by atoms with van der Waals surface area (Å²) >= 11 is 0. The number of para-hydroxylation sites is 1. The van der Waals surface area contributed by atoms with E-state index in [1.54, 1.807) is 30.4 Å². The lowest BCUT2D eigenvalue weighted by molar-refractivity contribution is -0.132. The summed E-state index contributed by atoms with van der Waals surface area (Å²) in [5.74, 6) is 1.53. The van der Waals surface area contributed by atoms with E-state index in [1.165, 1.54) is 0 Å². The van der Waals surface area contributed by atoms with E-state index in [1.807, 2.05) is 23.1 Å². The summed E-state index contributed by atoms with van der Waals surface area (Å²) in [6.45, 7) is 2.09. The molecular formula is C16H19N3O3. The number of amides is 1. The topological polar surface area (TPSA) is 56.6 Å². The molecular weight excluding hydrogens is 282 g/mol. The molecule has 2 heterocycles. The Kier molecular flexibility index (Phi) is 4.27. The summed E-state index contributed by atoms with van der Waals surface area (Å²) in [7, 11) is 1.62. The quantitative estimate of drug-likeness (QED) is 0.866. The molecule has 0 bridgehead atoms. The fourth-order valence-corrected chi connectivity index (χ4v) is 2.57. The monoisotopic (exact) mass is 301 g/mol. The van der Waals surface area contributed by atoms with Gasteiger partial charge in [-0.1, -0.05) is 12.1 Å². The van der Waals surface area contributed by atoms with E-state index in [0.717, 1.165) is 17.7 Å². The fourth-order valence-electron chi connectivity index (χ4n) is 2.57. The molecule has 0 saturated carbocycles. The van der Waals surface area contributed by atoms with Crippen molar-refractivity contribution in [2.75, 3.05) is 20.3 Å². The Bertz CT molecular complexity index is 640. The third kappa shape index (κ3) is 3.05. The van der Waals surface area contributed by atoms with Crippen molar-refractivity contribution in [3.8, 4) is 11.5 Å². The van der Waals surface area contributed by atoms with Crippen LogP contribution in [-0.4, -0.2) is 40.6 Å². The van der Waals surface area contributed by atoms with Crippen molar-refractivity contribution in [2.45, 2.75) is 19.5 Å². The molecule has 0 fully saturated rings. The molecule has 1 aromatic carbocycles. The molecule has 0 saturated heterocycles. The molecule has 1 aliphatic rings. The van der Waals surface area contributed by atoms with Crippen LogP contribution in [0.5, 0.6) is 11.5 Å². The summed E-state index contributed by atoms with van der Waals surface area (Å²) in [6.07, 6.45) is 5.92. The van der Waals surface area contributed by atoms with E-state index in [0.29, 0.717) is 32.0 Å². The average molecular weight is 301 g/mol. The summed E-state index contributed by atoms with van der Waals surface area (Å²) in [6, 6.07) is 5.76. The first kappa shape index (κ1) is 14.4. The second kappa shape index (κ2) is 6.51. The van der Waals surface area contributed by atoms with E-state index in [4.69, 9.17) is 9.47 Å². The lowest BCUT2D eigenvalue weighted by Crippen LogP contribution is -2.35. The molecule has 0 unspecified atom stereocenters. The van der Waals surface area contributed by atoms with Crippen molar-refractivity contribution in [2.24, 2.45) is 0 Å². The van der Waals surface area contributed by atoms with Gasteiger partial charge in [-0.2, -0.15) is 0 Å². The molecule has 3 rings (SSSR count). The van der Waals surface area contributed by atoms with E-state index in [9.17, 15) is 4.79 Å². The predicted octanol–water partition coefficient (Wildman–Crippen LogP) is 1.70. The Hall–Kier alpha value is -2.50. The van der Waals surface area contributed by atoms with Crippen LogP contribution in [0.3, 0.4) is 0 Å². The smallest absolute Gasteiger partial charge is 0.242 e. The molecule has 0 spiro atoms. The highest BCUT2D eigenvalue weighted by atomic mass is 16.5. The summed E-state index contributed by atoms with van der Waals surface area (Å²) in [4.78, 5) is 18.3. The summed E-state index contributed by atoms with van der Waals surface area (Å²) < 4.78 is 12.9. The zero-order valence-electron chi connectivity index (χ0n) is 12.6. The Balaban J connectivity index is 1.80. The number of benzene rings is 1. The van der Waals surface area contributed by atoms with Gasteiger partial charge in [0, 0.05) is 31.0 Å². The number of methoxy groups -OCH3 is 1. The lowest BCUT2D eigenvalue weighted by atomic mass is 10.1.